The molecule has 0 saturated carbocycles. The molecule has 0 unspecified atom stereocenters. The number of halogens is 3. The van der Waals surface area contributed by atoms with Gasteiger partial charge in [0.05, 0.1) is 22.2 Å². The Morgan fingerprint density at radius 2 is 1.73 bits per heavy atom. The van der Waals surface area contributed by atoms with E-state index in [0.717, 1.165) is 5.56 Å². The molecule has 0 bridgehead atoms. The normalized spacial score (nSPS) is 10.1. The molecular formula is C15H11Cl3N2OS. The van der Waals surface area contributed by atoms with Gasteiger partial charge in [-0.15, -0.1) is 0 Å². The first-order valence-electron chi connectivity index (χ1n) is 6.25. The van der Waals surface area contributed by atoms with Gasteiger partial charge in [0.15, 0.2) is 5.11 Å². The molecule has 2 aromatic rings. The van der Waals surface area contributed by atoms with Crippen LogP contribution in [0.4, 0.5) is 5.69 Å². The molecule has 2 rings (SSSR count). The van der Waals surface area contributed by atoms with Gasteiger partial charge in [0.2, 0.25) is 5.91 Å². The number of amides is 1. The van der Waals surface area contributed by atoms with Crippen molar-refractivity contribution in [3.05, 3.63) is 63.1 Å². The first-order chi connectivity index (χ1) is 10.5. The summed E-state index contributed by atoms with van der Waals surface area (Å²) in [6.07, 6.45) is 0.197. The number of carbonyl (C=O) groups is 1. The van der Waals surface area contributed by atoms with Crippen LogP contribution in [0.3, 0.4) is 0 Å². The first-order valence-corrected chi connectivity index (χ1v) is 7.79. The molecule has 0 saturated heterocycles. The standard InChI is InChI=1S/C15H11Cl3N2OS/c16-10-6-4-9(5-7-10)8-13(21)20-15(22)19-12-3-1-2-11(17)14(12)18/h1-7H,8H2,(H2,19,20,21,22). The summed E-state index contributed by atoms with van der Waals surface area (Å²) in [5, 5.41) is 6.95. The highest BCUT2D eigenvalue weighted by Gasteiger charge is 2.09. The summed E-state index contributed by atoms with van der Waals surface area (Å²) in [4.78, 5) is 11.9. The van der Waals surface area contributed by atoms with Crippen LogP contribution in [-0.4, -0.2) is 11.0 Å². The molecule has 0 aliphatic heterocycles. The van der Waals surface area contributed by atoms with Crippen molar-refractivity contribution < 1.29 is 4.79 Å². The minimum atomic E-state index is -0.238. The average Bonchev–Trinajstić information content (AvgIpc) is 2.46. The smallest absolute Gasteiger partial charge is 0.230 e. The molecule has 22 heavy (non-hydrogen) atoms. The van der Waals surface area contributed by atoms with Crippen molar-refractivity contribution in [1.82, 2.24) is 5.32 Å². The summed E-state index contributed by atoms with van der Waals surface area (Å²) in [5.41, 5.74) is 1.37. The number of benzene rings is 2. The molecule has 0 radical (unpaired) electrons. The molecule has 1 amide bonds. The Morgan fingerprint density at radius 3 is 2.41 bits per heavy atom. The molecule has 7 heteroatoms. The Balaban J connectivity index is 1.92. The lowest BCUT2D eigenvalue weighted by molar-refractivity contribution is -0.119. The van der Waals surface area contributed by atoms with Gasteiger partial charge < -0.3 is 10.6 Å². The van der Waals surface area contributed by atoms with Gasteiger partial charge in [0, 0.05) is 5.02 Å². The van der Waals surface area contributed by atoms with Crippen molar-refractivity contribution >= 4 is 63.7 Å². The SMILES string of the molecule is O=C(Cc1ccc(Cl)cc1)NC(=S)Nc1cccc(Cl)c1Cl. The number of thiocarbonyl (C=S) groups is 1. The number of anilines is 1. The topological polar surface area (TPSA) is 41.1 Å². The second kappa shape index (κ2) is 7.79. The van der Waals surface area contributed by atoms with Gasteiger partial charge in [-0.2, -0.15) is 0 Å². The summed E-state index contributed by atoms with van der Waals surface area (Å²) in [6, 6.07) is 12.1. The van der Waals surface area contributed by atoms with Crippen molar-refractivity contribution in [2.24, 2.45) is 0 Å². The van der Waals surface area contributed by atoms with E-state index < -0.39 is 0 Å². The lowest BCUT2D eigenvalue weighted by Crippen LogP contribution is -2.35. The molecule has 0 aliphatic carbocycles. The van der Waals surface area contributed by atoms with Crippen molar-refractivity contribution in [3.8, 4) is 0 Å². The predicted molar refractivity (Wildman–Crippen MR) is 96.0 cm³/mol. The Bertz CT molecular complexity index is 704. The zero-order valence-electron chi connectivity index (χ0n) is 11.2. The number of nitrogens with one attached hydrogen (secondary N) is 2. The summed E-state index contributed by atoms with van der Waals surface area (Å²) < 4.78 is 0. The Labute approximate surface area is 148 Å². The van der Waals surface area contributed by atoms with E-state index in [4.69, 9.17) is 47.0 Å². The third-order valence-electron chi connectivity index (χ3n) is 2.73. The zero-order chi connectivity index (χ0) is 16.1. The van der Waals surface area contributed by atoms with E-state index in [2.05, 4.69) is 10.6 Å². The fraction of sp³-hybridized carbons (Fsp3) is 0.0667. The van der Waals surface area contributed by atoms with E-state index in [0.29, 0.717) is 20.8 Å². The van der Waals surface area contributed by atoms with E-state index in [1.165, 1.54) is 0 Å². The number of hydrogen-bond donors (Lipinski definition) is 2. The van der Waals surface area contributed by atoms with Gasteiger partial charge in [-0.05, 0) is 42.0 Å². The van der Waals surface area contributed by atoms with Gasteiger partial charge >= 0.3 is 0 Å². The summed E-state index contributed by atoms with van der Waals surface area (Å²) in [5.74, 6) is -0.238. The lowest BCUT2D eigenvalue weighted by atomic mass is 10.1. The van der Waals surface area contributed by atoms with Crippen LogP contribution in [0, 0.1) is 0 Å². The van der Waals surface area contributed by atoms with E-state index >= 15 is 0 Å². The second-order valence-electron chi connectivity index (χ2n) is 4.41. The molecule has 0 aromatic heterocycles. The predicted octanol–water partition coefficient (Wildman–Crippen LogP) is 4.70. The quantitative estimate of drug-likeness (QED) is 0.766. The maximum absolute atomic E-state index is 11.9. The van der Waals surface area contributed by atoms with Crippen LogP contribution in [0.25, 0.3) is 0 Å². The van der Waals surface area contributed by atoms with Crippen molar-refractivity contribution in [2.45, 2.75) is 6.42 Å². The minimum absolute atomic E-state index is 0.156. The van der Waals surface area contributed by atoms with Crippen LogP contribution in [0.15, 0.2) is 42.5 Å². The highest BCUT2D eigenvalue weighted by atomic mass is 35.5. The zero-order valence-corrected chi connectivity index (χ0v) is 14.3. The van der Waals surface area contributed by atoms with Crippen molar-refractivity contribution in [2.75, 3.05) is 5.32 Å². The van der Waals surface area contributed by atoms with E-state index in [9.17, 15) is 4.79 Å². The second-order valence-corrected chi connectivity index (χ2v) is 6.04. The van der Waals surface area contributed by atoms with Crippen LogP contribution in [0.1, 0.15) is 5.56 Å². The van der Waals surface area contributed by atoms with Gasteiger partial charge in [-0.3, -0.25) is 4.79 Å². The Hall–Kier alpha value is -1.33. The minimum Gasteiger partial charge on any atom is -0.331 e. The Morgan fingerprint density at radius 1 is 1.05 bits per heavy atom. The molecular weight excluding hydrogens is 363 g/mol. The Kier molecular flexibility index (Phi) is 6.03. The largest absolute Gasteiger partial charge is 0.331 e. The molecule has 0 fully saturated rings. The van der Waals surface area contributed by atoms with Crippen LogP contribution >= 0.6 is 47.0 Å². The van der Waals surface area contributed by atoms with E-state index in [-0.39, 0.29) is 17.4 Å². The van der Waals surface area contributed by atoms with Crippen LogP contribution in [0.5, 0.6) is 0 Å². The molecule has 114 valence electrons. The summed E-state index contributed by atoms with van der Waals surface area (Å²) in [6.45, 7) is 0. The first kappa shape index (κ1) is 17.0. The molecule has 0 spiro atoms. The average molecular weight is 374 g/mol. The van der Waals surface area contributed by atoms with Crippen molar-refractivity contribution in [3.63, 3.8) is 0 Å². The van der Waals surface area contributed by atoms with Gasteiger partial charge in [0.25, 0.3) is 0 Å². The molecule has 0 heterocycles. The summed E-state index contributed by atoms with van der Waals surface area (Å²) >= 11 is 22.8. The molecule has 0 atom stereocenters. The van der Waals surface area contributed by atoms with Gasteiger partial charge in [-0.1, -0.05) is 53.0 Å². The van der Waals surface area contributed by atoms with Crippen LogP contribution < -0.4 is 10.6 Å². The maximum atomic E-state index is 11.9. The third kappa shape index (κ3) is 4.85. The molecule has 2 aromatic carbocycles. The number of rotatable bonds is 3. The number of carbonyl (C=O) groups excluding carboxylic acids is 1. The van der Waals surface area contributed by atoms with Crippen molar-refractivity contribution in [1.29, 1.82) is 0 Å². The fourth-order valence-corrected chi connectivity index (χ4v) is 2.41. The van der Waals surface area contributed by atoms with E-state index in [1.54, 1.807) is 42.5 Å². The monoisotopic (exact) mass is 372 g/mol. The lowest BCUT2D eigenvalue weighted by Gasteiger charge is -2.11. The maximum Gasteiger partial charge on any atom is 0.230 e. The summed E-state index contributed by atoms with van der Waals surface area (Å²) in [7, 11) is 0. The molecule has 2 N–H and O–H groups in total. The third-order valence-corrected chi connectivity index (χ3v) is 4.01. The molecule has 3 nitrogen and oxygen atoms in total. The fourth-order valence-electron chi connectivity index (χ4n) is 1.71. The van der Waals surface area contributed by atoms with E-state index in [1.807, 2.05) is 0 Å². The van der Waals surface area contributed by atoms with Gasteiger partial charge in [-0.25, -0.2) is 0 Å². The van der Waals surface area contributed by atoms with Crippen LogP contribution in [-0.2, 0) is 11.2 Å². The highest BCUT2D eigenvalue weighted by molar-refractivity contribution is 7.80. The highest BCUT2D eigenvalue weighted by Crippen LogP contribution is 2.29. The molecule has 0 aliphatic rings. The van der Waals surface area contributed by atoms with Crippen LogP contribution in [0.2, 0.25) is 15.1 Å². The number of hydrogen-bond acceptors (Lipinski definition) is 2. The van der Waals surface area contributed by atoms with Gasteiger partial charge in [0.1, 0.15) is 0 Å².